The minimum absolute atomic E-state index is 0.170. The Morgan fingerprint density at radius 3 is 3.00 bits per heavy atom. The molecule has 0 fully saturated rings. The first kappa shape index (κ1) is 9.67. The summed E-state index contributed by atoms with van der Waals surface area (Å²) in [6.45, 7) is 0. The van der Waals surface area contributed by atoms with Crippen molar-refractivity contribution in [1.82, 2.24) is 9.78 Å². The van der Waals surface area contributed by atoms with Crippen LogP contribution in [0.5, 0.6) is 0 Å². The molecule has 15 heavy (non-hydrogen) atoms. The highest BCUT2D eigenvalue weighted by Crippen LogP contribution is 2.15. The summed E-state index contributed by atoms with van der Waals surface area (Å²) in [7, 11) is 1.78. The van der Waals surface area contributed by atoms with Crippen molar-refractivity contribution in [2.24, 2.45) is 12.8 Å². The summed E-state index contributed by atoms with van der Waals surface area (Å²) in [6.07, 6.45) is 6.15. The molecular formula is C10H11N3O2. The summed E-state index contributed by atoms with van der Waals surface area (Å²) < 4.78 is 6.44. The first-order valence-corrected chi connectivity index (χ1v) is 4.49. The second kappa shape index (κ2) is 3.70. The van der Waals surface area contributed by atoms with Crippen LogP contribution in [0, 0.1) is 0 Å². The molecule has 0 aliphatic heterocycles. The highest BCUT2D eigenvalue weighted by atomic mass is 16.3. The topological polar surface area (TPSA) is 74.0 Å². The first-order chi connectivity index (χ1) is 7.18. The number of nitrogens with two attached hydrogens (primary N) is 1. The van der Waals surface area contributed by atoms with Crippen molar-refractivity contribution in [2.75, 3.05) is 0 Å². The third-order valence-corrected chi connectivity index (χ3v) is 2.17. The molecular weight excluding hydrogens is 194 g/mol. The van der Waals surface area contributed by atoms with Gasteiger partial charge in [-0.1, -0.05) is 0 Å². The Hall–Kier alpha value is -1.88. The Morgan fingerprint density at radius 2 is 2.47 bits per heavy atom. The fraction of sp³-hybridized carbons (Fsp3) is 0.200. The highest BCUT2D eigenvalue weighted by Gasteiger charge is 2.19. The lowest BCUT2D eigenvalue weighted by molar-refractivity contribution is 0.0960. The third-order valence-electron chi connectivity index (χ3n) is 2.17. The monoisotopic (exact) mass is 205 g/mol. The van der Waals surface area contributed by atoms with Gasteiger partial charge in [0.25, 0.3) is 0 Å². The van der Waals surface area contributed by atoms with E-state index in [1.165, 1.54) is 12.5 Å². The highest BCUT2D eigenvalue weighted by molar-refractivity contribution is 6.00. The van der Waals surface area contributed by atoms with E-state index in [1.807, 2.05) is 0 Å². The number of ketones is 1. The maximum atomic E-state index is 11.8. The van der Waals surface area contributed by atoms with E-state index in [4.69, 9.17) is 10.2 Å². The molecule has 2 N–H and O–H groups in total. The Bertz CT molecular complexity index is 459. The van der Waals surface area contributed by atoms with Crippen LogP contribution >= 0.6 is 0 Å². The number of nitrogens with zero attached hydrogens (tertiary/aromatic N) is 2. The Morgan fingerprint density at radius 1 is 1.67 bits per heavy atom. The molecule has 1 unspecified atom stereocenters. The van der Waals surface area contributed by atoms with Gasteiger partial charge in [-0.15, -0.1) is 0 Å². The second-order valence-electron chi connectivity index (χ2n) is 3.30. The molecule has 0 saturated heterocycles. The predicted molar refractivity (Wildman–Crippen MR) is 53.2 cm³/mol. The summed E-state index contributed by atoms with van der Waals surface area (Å²) in [6, 6.07) is 0.912. The number of carbonyl (C=O) groups excluding carboxylic acids is 1. The normalized spacial score (nSPS) is 12.7. The Balaban J connectivity index is 2.22. The van der Waals surface area contributed by atoms with Gasteiger partial charge < -0.3 is 10.2 Å². The van der Waals surface area contributed by atoms with Crippen LogP contribution in [0.2, 0.25) is 0 Å². The predicted octanol–water partition coefficient (Wildman–Crippen LogP) is 0.896. The average Bonchev–Trinajstić information content (AvgIpc) is 2.85. The van der Waals surface area contributed by atoms with Crippen LogP contribution in [0.25, 0.3) is 0 Å². The summed E-state index contributed by atoms with van der Waals surface area (Å²) in [5, 5.41) is 3.96. The van der Waals surface area contributed by atoms with Crippen LogP contribution in [-0.2, 0) is 7.05 Å². The van der Waals surface area contributed by atoms with Crippen LogP contribution in [0.3, 0.4) is 0 Å². The molecule has 0 aromatic carbocycles. The lowest BCUT2D eigenvalue weighted by atomic mass is 10.0. The Labute approximate surface area is 86.5 Å². The zero-order valence-corrected chi connectivity index (χ0v) is 8.25. The minimum atomic E-state index is -0.684. The van der Waals surface area contributed by atoms with E-state index in [1.54, 1.807) is 30.2 Å². The van der Waals surface area contributed by atoms with E-state index >= 15 is 0 Å². The van der Waals surface area contributed by atoms with Crippen molar-refractivity contribution in [3.05, 3.63) is 42.1 Å². The van der Waals surface area contributed by atoms with Gasteiger partial charge in [0.2, 0.25) is 0 Å². The largest absolute Gasteiger partial charge is 0.472 e. The molecule has 0 bridgehead atoms. The molecule has 2 heterocycles. The summed E-state index contributed by atoms with van der Waals surface area (Å²) in [4.78, 5) is 11.8. The first-order valence-electron chi connectivity index (χ1n) is 4.49. The number of hydrogen-bond acceptors (Lipinski definition) is 4. The molecule has 5 nitrogen and oxygen atoms in total. The standard InChI is InChI=1S/C10H11N3O2/c1-13-5-8(4-12-13)9(11)10(14)7-2-3-15-6-7/h2-6,9H,11H2,1H3. The van der Waals surface area contributed by atoms with Crippen LogP contribution in [-0.4, -0.2) is 15.6 Å². The number of furan rings is 1. The van der Waals surface area contributed by atoms with Crippen molar-refractivity contribution < 1.29 is 9.21 Å². The lowest BCUT2D eigenvalue weighted by Crippen LogP contribution is -2.20. The van der Waals surface area contributed by atoms with Crippen molar-refractivity contribution in [1.29, 1.82) is 0 Å². The fourth-order valence-electron chi connectivity index (χ4n) is 1.34. The SMILES string of the molecule is Cn1cc(C(N)C(=O)c2ccoc2)cn1. The van der Waals surface area contributed by atoms with Gasteiger partial charge in [0, 0.05) is 18.8 Å². The maximum absolute atomic E-state index is 11.8. The minimum Gasteiger partial charge on any atom is -0.472 e. The van der Waals surface area contributed by atoms with Crippen LogP contribution in [0.15, 0.2) is 35.4 Å². The molecule has 2 rings (SSSR count). The molecule has 2 aromatic heterocycles. The van der Waals surface area contributed by atoms with E-state index < -0.39 is 6.04 Å². The van der Waals surface area contributed by atoms with Gasteiger partial charge in [-0.05, 0) is 6.07 Å². The summed E-state index contributed by atoms with van der Waals surface area (Å²) >= 11 is 0. The maximum Gasteiger partial charge on any atom is 0.187 e. The summed E-state index contributed by atoms with van der Waals surface area (Å²) in [5.41, 5.74) is 6.97. The van der Waals surface area contributed by atoms with Crippen molar-refractivity contribution in [3.8, 4) is 0 Å². The van der Waals surface area contributed by atoms with E-state index in [9.17, 15) is 4.79 Å². The molecule has 0 aliphatic carbocycles. The third kappa shape index (κ3) is 1.82. The van der Waals surface area contributed by atoms with Gasteiger partial charge in [0.05, 0.1) is 24.1 Å². The number of carbonyl (C=O) groups is 1. The van der Waals surface area contributed by atoms with E-state index in [-0.39, 0.29) is 5.78 Å². The zero-order chi connectivity index (χ0) is 10.8. The van der Waals surface area contributed by atoms with Gasteiger partial charge in [-0.25, -0.2) is 0 Å². The van der Waals surface area contributed by atoms with Crippen molar-refractivity contribution in [3.63, 3.8) is 0 Å². The number of Topliss-reactive ketones (excluding diaryl/α,β-unsaturated/α-hetero) is 1. The van der Waals surface area contributed by atoms with Crippen LogP contribution in [0.4, 0.5) is 0 Å². The smallest absolute Gasteiger partial charge is 0.187 e. The molecule has 0 spiro atoms. The van der Waals surface area contributed by atoms with Crippen molar-refractivity contribution >= 4 is 5.78 Å². The number of aryl methyl sites for hydroxylation is 1. The van der Waals surface area contributed by atoms with Gasteiger partial charge in [-0.2, -0.15) is 5.10 Å². The Kier molecular flexibility index (Phi) is 2.39. The molecule has 78 valence electrons. The number of aromatic nitrogens is 2. The van der Waals surface area contributed by atoms with Crippen LogP contribution < -0.4 is 5.73 Å². The van der Waals surface area contributed by atoms with E-state index in [0.717, 1.165) is 0 Å². The molecule has 0 amide bonds. The molecule has 0 aliphatic rings. The number of rotatable bonds is 3. The molecule has 5 heteroatoms. The van der Waals surface area contributed by atoms with E-state index in [0.29, 0.717) is 11.1 Å². The lowest BCUT2D eigenvalue weighted by Gasteiger charge is -2.05. The van der Waals surface area contributed by atoms with Gasteiger partial charge >= 0.3 is 0 Å². The molecule has 1 atom stereocenters. The molecule has 0 saturated carbocycles. The average molecular weight is 205 g/mol. The molecule has 2 aromatic rings. The fourth-order valence-corrected chi connectivity index (χ4v) is 1.34. The van der Waals surface area contributed by atoms with Gasteiger partial charge in [-0.3, -0.25) is 9.48 Å². The quantitative estimate of drug-likeness (QED) is 0.755. The van der Waals surface area contributed by atoms with Gasteiger partial charge in [0.1, 0.15) is 6.26 Å². The zero-order valence-electron chi connectivity index (χ0n) is 8.25. The molecule has 0 radical (unpaired) electrons. The second-order valence-corrected chi connectivity index (χ2v) is 3.30. The summed E-state index contributed by atoms with van der Waals surface area (Å²) in [5.74, 6) is -0.170. The van der Waals surface area contributed by atoms with Crippen LogP contribution in [0.1, 0.15) is 22.0 Å². The van der Waals surface area contributed by atoms with Crippen molar-refractivity contribution in [2.45, 2.75) is 6.04 Å². The van der Waals surface area contributed by atoms with Gasteiger partial charge in [0.15, 0.2) is 5.78 Å². The van der Waals surface area contributed by atoms with E-state index in [2.05, 4.69) is 5.10 Å². The number of hydrogen-bond donors (Lipinski definition) is 1.